The number of fused-ring (bicyclic) bond motifs is 2. The van der Waals surface area contributed by atoms with Crippen LogP contribution in [-0.2, 0) is 9.59 Å². The number of guanidine groups is 1. The Morgan fingerprint density at radius 1 is 1.23 bits per heavy atom. The van der Waals surface area contributed by atoms with Gasteiger partial charge < -0.3 is 5.11 Å². The van der Waals surface area contributed by atoms with Crippen LogP contribution in [0.15, 0.2) is 4.99 Å². The largest absolute Gasteiger partial charge is 0.480 e. The van der Waals surface area contributed by atoms with E-state index in [1.807, 2.05) is 4.58 Å². The monoisotopic (exact) mass is 362 g/mol. The lowest BCUT2D eigenvalue weighted by Gasteiger charge is -2.35. The second-order valence-electron chi connectivity index (χ2n) is 7.36. The summed E-state index contributed by atoms with van der Waals surface area (Å²) in [7, 11) is 1.55. The third-order valence-corrected chi connectivity index (χ3v) is 5.75. The third-order valence-electron chi connectivity index (χ3n) is 5.75. The Bertz CT molecular complexity index is 725. The van der Waals surface area contributed by atoms with Crippen LogP contribution in [0, 0.1) is 0 Å². The molecule has 4 rings (SSSR count). The standard InChI is InChI=1S/C17H23N5O4/c1-19-14-13(15(25)22(17(19)26)10-12(23)24)21-9-5-8-20(16(21)18-14)11-6-3-2-4-7-11/h11,13H,2-10H2,1H3/p+1. The summed E-state index contributed by atoms with van der Waals surface area (Å²) in [5, 5.41) is 9.05. The first kappa shape index (κ1) is 17.0. The van der Waals surface area contributed by atoms with Crippen molar-refractivity contribution in [3.8, 4) is 0 Å². The molecule has 1 N–H and O–H groups in total. The fraction of sp³-hybridized carbons (Fsp3) is 0.706. The van der Waals surface area contributed by atoms with Gasteiger partial charge in [0.25, 0.3) is 5.91 Å². The van der Waals surface area contributed by atoms with E-state index in [0.29, 0.717) is 18.4 Å². The van der Waals surface area contributed by atoms with Crippen molar-refractivity contribution in [2.75, 3.05) is 26.7 Å². The number of imide groups is 1. The van der Waals surface area contributed by atoms with Gasteiger partial charge in [-0.15, -0.1) is 0 Å². The number of carboxylic acid groups (broad SMARTS) is 1. The topological polar surface area (TPSA) is 96.5 Å². The summed E-state index contributed by atoms with van der Waals surface area (Å²) in [5.41, 5.74) is 0. The lowest BCUT2D eigenvalue weighted by molar-refractivity contribution is -0.545. The van der Waals surface area contributed by atoms with Crippen LogP contribution in [-0.4, -0.2) is 92.9 Å². The Kier molecular flexibility index (Phi) is 4.16. The van der Waals surface area contributed by atoms with Gasteiger partial charge in [-0.3, -0.25) is 19.4 Å². The average Bonchev–Trinajstić information content (AvgIpc) is 3.04. The van der Waals surface area contributed by atoms with E-state index in [2.05, 4.69) is 9.89 Å². The Labute approximate surface area is 151 Å². The van der Waals surface area contributed by atoms with E-state index in [1.165, 1.54) is 24.2 Å². The SMILES string of the molecule is CN1C(=O)N(CC(=O)O)C(=O)C2C1=NC1=[N+]2CCCN1C1CCCCC1. The van der Waals surface area contributed by atoms with Crippen LogP contribution in [0.5, 0.6) is 0 Å². The number of rotatable bonds is 3. The molecule has 1 unspecified atom stereocenters. The molecule has 0 spiro atoms. The third kappa shape index (κ3) is 2.57. The zero-order valence-corrected chi connectivity index (χ0v) is 14.9. The summed E-state index contributed by atoms with van der Waals surface area (Å²) >= 11 is 0. The van der Waals surface area contributed by atoms with Crippen LogP contribution in [0.1, 0.15) is 38.5 Å². The minimum Gasteiger partial charge on any atom is -0.480 e. The summed E-state index contributed by atoms with van der Waals surface area (Å²) in [4.78, 5) is 45.5. The van der Waals surface area contributed by atoms with E-state index in [4.69, 9.17) is 5.11 Å². The molecule has 2 fully saturated rings. The molecule has 9 nitrogen and oxygen atoms in total. The number of carbonyl (C=O) groups is 3. The maximum Gasteiger partial charge on any atom is 0.392 e. The van der Waals surface area contributed by atoms with Crippen molar-refractivity contribution in [3.05, 3.63) is 0 Å². The first-order chi connectivity index (χ1) is 12.5. The van der Waals surface area contributed by atoms with E-state index < -0.39 is 30.5 Å². The zero-order chi connectivity index (χ0) is 18.4. The van der Waals surface area contributed by atoms with Gasteiger partial charge in [-0.1, -0.05) is 24.3 Å². The fourth-order valence-electron chi connectivity index (χ4n) is 4.49. The number of urea groups is 1. The fourth-order valence-corrected chi connectivity index (χ4v) is 4.49. The highest BCUT2D eigenvalue weighted by Crippen LogP contribution is 2.28. The number of amides is 3. The Hall–Kier alpha value is -2.45. The number of carboxylic acids is 1. The molecule has 4 aliphatic rings. The number of nitrogens with zero attached hydrogens (tertiary/aromatic N) is 5. The average molecular weight is 362 g/mol. The summed E-state index contributed by atoms with van der Waals surface area (Å²) < 4.78 is 1.95. The number of aliphatic carboxylic acids is 1. The molecule has 26 heavy (non-hydrogen) atoms. The molecule has 0 radical (unpaired) electrons. The van der Waals surface area contributed by atoms with Crippen molar-refractivity contribution >= 4 is 29.7 Å². The molecule has 1 atom stereocenters. The van der Waals surface area contributed by atoms with Crippen LogP contribution in [0.4, 0.5) is 4.79 Å². The maximum atomic E-state index is 12.9. The molecule has 3 amide bonds. The molecule has 0 aromatic carbocycles. The Morgan fingerprint density at radius 2 is 1.96 bits per heavy atom. The van der Waals surface area contributed by atoms with Gasteiger partial charge in [0.1, 0.15) is 6.54 Å². The normalized spacial score (nSPS) is 26.9. The number of hydrogen-bond donors (Lipinski definition) is 1. The van der Waals surface area contributed by atoms with Crippen molar-refractivity contribution in [1.82, 2.24) is 14.7 Å². The van der Waals surface area contributed by atoms with Crippen molar-refractivity contribution in [2.24, 2.45) is 4.99 Å². The molecule has 1 saturated heterocycles. The first-order valence-corrected chi connectivity index (χ1v) is 9.28. The van der Waals surface area contributed by atoms with Crippen LogP contribution >= 0.6 is 0 Å². The smallest absolute Gasteiger partial charge is 0.392 e. The Balaban J connectivity index is 1.68. The number of hydrogen-bond acceptors (Lipinski definition) is 5. The Morgan fingerprint density at radius 3 is 2.65 bits per heavy atom. The molecular formula is C17H24N5O4+. The second-order valence-corrected chi connectivity index (χ2v) is 7.36. The predicted octanol–water partition coefficient (Wildman–Crippen LogP) is 0.153. The van der Waals surface area contributed by atoms with E-state index in [-0.39, 0.29) is 0 Å². The lowest BCUT2D eigenvalue weighted by atomic mass is 9.94. The highest BCUT2D eigenvalue weighted by atomic mass is 16.4. The molecular weight excluding hydrogens is 338 g/mol. The number of carbonyl (C=O) groups excluding carboxylic acids is 2. The van der Waals surface area contributed by atoms with E-state index in [9.17, 15) is 14.4 Å². The number of amidine groups is 1. The molecule has 9 heteroatoms. The number of likely N-dealkylation sites (N-methyl/N-ethyl adjacent to an activating group) is 1. The van der Waals surface area contributed by atoms with Crippen LogP contribution in [0.25, 0.3) is 0 Å². The molecule has 3 aliphatic heterocycles. The molecule has 0 aromatic heterocycles. The summed E-state index contributed by atoms with van der Waals surface area (Å²) in [6, 6.07) is -0.896. The minimum absolute atomic E-state index is 0.416. The van der Waals surface area contributed by atoms with Crippen molar-refractivity contribution in [1.29, 1.82) is 0 Å². The van der Waals surface area contributed by atoms with Gasteiger partial charge in [-0.25, -0.2) is 14.3 Å². The van der Waals surface area contributed by atoms with Crippen LogP contribution in [0.3, 0.4) is 0 Å². The molecule has 1 saturated carbocycles. The highest BCUT2D eigenvalue weighted by molar-refractivity contribution is 6.23. The summed E-state index contributed by atoms with van der Waals surface area (Å²) in [5.74, 6) is -0.507. The molecule has 140 valence electrons. The zero-order valence-electron chi connectivity index (χ0n) is 14.9. The van der Waals surface area contributed by atoms with Crippen molar-refractivity contribution < 1.29 is 24.1 Å². The van der Waals surface area contributed by atoms with Gasteiger partial charge in [-0.05, 0) is 12.8 Å². The van der Waals surface area contributed by atoms with Gasteiger partial charge >= 0.3 is 18.0 Å². The van der Waals surface area contributed by atoms with Gasteiger partial charge in [0.15, 0.2) is 0 Å². The maximum absolute atomic E-state index is 12.9. The van der Waals surface area contributed by atoms with Gasteiger partial charge in [0.05, 0.1) is 19.1 Å². The van der Waals surface area contributed by atoms with Crippen LogP contribution in [0.2, 0.25) is 0 Å². The number of aliphatic imine (C=N–C) groups is 1. The quantitative estimate of drug-likeness (QED) is 0.721. The first-order valence-electron chi connectivity index (χ1n) is 9.28. The molecule has 0 aromatic rings. The lowest BCUT2D eigenvalue weighted by Crippen LogP contribution is -2.64. The minimum atomic E-state index is -1.20. The van der Waals surface area contributed by atoms with Crippen molar-refractivity contribution in [2.45, 2.75) is 50.6 Å². The molecule has 1 aliphatic carbocycles. The molecule has 3 heterocycles. The predicted molar refractivity (Wildman–Crippen MR) is 92.1 cm³/mol. The van der Waals surface area contributed by atoms with Crippen LogP contribution < -0.4 is 0 Å². The van der Waals surface area contributed by atoms with Gasteiger partial charge in [-0.2, -0.15) is 0 Å². The highest BCUT2D eigenvalue weighted by Gasteiger charge is 2.55. The van der Waals surface area contributed by atoms with Crippen molar-refractivity contribution in [3.63, 3.8) is 0 Å². The van der Waals surface area contributed by atoms with Gasteiger partial charge in [0.2, 0.25) is 11.9 Å². The van der Waals surface area contributed by atoms with E-state index in [0.717, 1.165) is 36.7 Å². The second kappa shape index (κ2) is 6.37. The summed E-state index contributed by atoms with van der Waals surface area (Å²) in [6.07, 6.45) is 6.85. The molecule has 0 bridgehead atoms. The van der Waals surface area contributed by atoms with Gasteiger partial charge in [0, 0.05) is 13.5 Å². The summed E-state index contributed by atoms with van der Waals surface area (Å²) in [6.45, 7) is 0.969. The van der Waals surface area contributed by atoms with E-state index in [1.54, 1.807) is 7.05 Å². The van der Waals surface area contributed by atoms with E-state index >= 15 is 0 Å².